The van der Waals surface area contributed by atoms with E-state index in [1.54, 1.807) is 10.7 Å². The van der Waals surface area contributed by atoms with Gasteiger partial charge in [-0.15, -0.1) is 5.10 Å². The van der Waals surface area contributed by atoms with E-state index in [1.807, 2.05) is 12.1 Å². The van der Waals surface area contributed by atoms with Gasteiger partial charge in [0.2, 0.25) is 0 Å². The summed E-state index contributed by atoms with van der Waals surface area (Å²) in [6.07, 6.45) is 1.46. The Kier molecular flexibility index (Phi) is 3.84. The lowest BCUT2D eigenvalue weighted by Crippen LogP contribution is -2.47. The third kappa shape index (κ3) is 2.88. The van der Waals surface area contributed by atoms with Crippen molar-refractivity contribution in [1.82, 2.24) is 19.9 Å². The summed E-state index contributed by atoms with van der Waals surface area (Å²) < 4.78 is 1.60. The minimum atomic E-state index is -1.07. The highest BCUT2D eigenvalue weighted by molar-refractivity contribution is 6.42. The van der Waals surface area contributed by atoms with Crippen LogP contribution in [0.25, 0.3) is 0 Å². The molecule has 6 nitrogen and oxygen atoms in total. The summed E-state index contributed by atoms with van der Waals surface area (Å²) in [4.78, 5) is 12.9. The third-order valence-corrected chi connectivity index (χ3v) is 4.32. The third-order valence-electron chi connectivity index (χ3n) is 3.47. The zero-order valence-corrected chi connectivity index (χ0v) is 12.4. The fourth-order valence-electron chi connectivity index (χ4n) is 2.30. The Balaban J connectivity index is 1.60. The molecular formula is C13H12Cl2N4O2. The number of hydrogen-bond acceptors (Lipinski definition) is 4. The zero-order valence-electron chi connectivity index (χ0n) is 10.9. The van der Waals surface area contributed by atoms with Gasteiger partial charge in [-0.3, -0.25) is 4.90 Å². The summed E-state index contributed by atoms with van der Waals surface area (Å²) in [6.45, 7) is 2.24. The first-order valence-electron chi connectivity index (χ1n) is 6.35. The molecule has 0 atom stereocenters. The van der Waals surface area contributed by atoms with Gasteiger partial charge in [-0.1, -0.05) is 40.5 Å². The fraction of sp³-hybridized carbons (Fsp3) is 0.308. The largest absolute Gasteiger partial charge is 0.476 e. The molecule has 1 aromatic carbocycles. The standard InChI is InChI=1S/C13H12Cl2N4O2/c14-10-3-1-2-8(12(10)15)4-18-5-9(6-18)19-7-11(13(20)21)16-17-19/h1-3,7,9H,4-6H2,(H,20,21). The average Bonchev–Trinajstić information content (AvgIpc) is 2.87. The summed E-state index contributed by atoms with van der Waals surface area (Å²) in [5.74, 6) is -1.07. The predicted molar refractivity (Wildman–Crippen MR) is 77.8 cm³/mol. The summed E-state index contributed by atoms with van der Waals surface area (Å²) in [7, 11) is 0. The van der Waals surface area contributed by atoms with Crippen molar-refractivity contribution in [2.45, 2.75) is 12.6 Å². The van der Waals surface area contributed by atoms with Crippen LogP contribution in [-0.4, -0.2) is 44.1 Å². The van der Waals surface area contributed by atoms with Crippen molar-refractivity contribution >= 4 is 29.2 Å². The highest BCUT2D eigenvalue weighted by Gasteiger charge is 2.30. The van der Waals surface area contributed by atoms with E-state index in [0.29, 0.717) is 16.6 Å². The molecular weight excluding hydrogens is 315 g/mol. The Hall–Kier alpha value is -1.63. The summed E-state index contributed by atoms with van der Waals surface area (Å²) in [5.41, 5.74) is 0.943. The number of aromatic carboxylic acids is 1. The smallest absolute Gasteiger partial charge is 0.358 e. The average molecular weight is 327 g/mol. The molecule has 2 aromatic rings. The van der Waals surface area contributed by atoms with E-state index in [4.69, 9.17) is 28.3 Å². The van der Waals surface area contributed by atoms with Gasteiger partial charge in [-0.25, -0.2) is 9.48 Å². The second-order valence-electron chi connectivity index (χ2n) is 4.95. The molecule has 21 heavy (non-hydrogen) atoms. The molecule has 3 rings (SSSR count). The molecule has 1 N–H and O–H groups in total. The van der Waals surface area contributed by atoms with Gasteiger partial charge in [0.05, 0.1) is 22.3 Å². The lowest BCUT2D eigenvalue weighted by atomic mass is 10.1. The molecule has 1 aromatic heterocycles. The Morgan fingerprint density at radius 3 is 2.81 bits per heavy atom. The van der Waals surface area contributed by atoms with Crippen LogP contribution in [0.15, 0.2) is 24.4 Å². The minimum absolute atomic E-state index is 0.0358. The maximum absolute atomic E-state index is 10.8. The maximum atomic E-state index is 10.8. The zero-order chi connectivity index (χ0) is 15.0. The van der Waals surface area contributed by atoms with Crippen molar-refractivity contribution in [2.75, 3.05) is 13.1 Å². The van der Waals surface area contributed by atoms with Gasteiger partial charge in [0, 0.05) is 19.6 Å². The first-order chi connectivity index (χ1) is 10.0. The van der Waals surface area contributed by atoms with Crippen LogP contribution in [0.4, 0.5) is 0 Å². The quantitative estimate of drug-likeness (QED) is 0.933. The molecule has 0 radical (unpaired) electrons. The highest BCUT2D eigenvalue weighted by Crippen LogP contribution is 2.29. The Bertz CT molecular complexity index is 683. The van der Waals surface area contributed by atoms with E-state index in [-0.39, 0.29) is 11.7 Å². The molecule has 0 spiro atoms. The second kappa shape index (κ2) is 5.63. The Labute approximate surface area is 130 Å². The molecule has 1 aliphatic rings. The lowest BCUT2D eigenvalue weighted by molar-refractivity contribution is 0.0690. The number of rotatable bonds is 4. The molecule has 0 saturated carbocycles. The SMILES string of the molecule is O=C(O)c1cn(C2CN(Cc3cccc(Cl)c3Cl)C2)nn1. The molecule has 1 saturated heterocycles. The topological polar surface area (TPSA) is 71.2 Å². The monoisotopic (exact) mass is 326 g/mol. The molecule has 0 unspecified atom stereocenters. The van der Waals surface area contributed by atoms with Crippen molar-refractivity contribution < 1.29 is 9.90 Å². The number of benzene rings is 1. The van der Waals surface area contributed by atoms with E-state index < -0.39 is 5.97 Å². The van der Waals surface area contributed by atoms with Crippen molar-refractivity contribution in [2.24, 2.45) is 0 Å². The molecule has 8 heteroatoms. The normalized spacial score (nSPS) is 15.9. The van der Waals surface area contributed by atoms with Gasteiger partial charge in [-0.2, -0.15) is 0 Å². The van der Waals surface area contributed by atoms with Gasteiger partial charge in [0.15, 0.2) is 5.69 Å². The number of carboxylic acids is 1. The number of carboxylic acid groups (broad SMARTS) is 1. The lowest BCUT2D eigenvalue weighted by Gasteiger charge is -2.39. The molecule has 1 fully saturated rings. The number of likely N-dealkylation sites (tertiary alicyclic amines) is 1. The van der Waals surface area contributed by atoms with Crippen molar-refractivity contribution in [3.8, 4) is 0 Å². The van der Waals surface area contributed by atoms with Gasteiger partial charge in [-0.05, 0) is 11.6 Å². The van der Waals surface area contributed by atoms with E-state index in [2.05, 4.69) is 15.2 Å². The maximum Gasteiger partial charge on any atom is 0.358 e. The first-order valence-corrected chi connectivity index (χ1v) is 7.10. The van der Waals surface area contributed by atoms with Crippen molar-refractivity contribution in [3.63, 3.8) is 0 Å². The van der Waals surface area contributed by atoms with E-state index >= 15 is 0 Å². The van der Waals surface area contributed by atoms with Crippen LogP contribution in [0.1, 0.15) is 22.1 Å². The molecule has 0 amide bonds. The Morgan fingerprint density at radius 1 is 1.38 bits per heavy atom. The van der Waals surface area contributed by atoms with E-state index in [1.165, 1.54) is 6.20 Å². The van der Waals surface area contributed by atoms with Crippen LogP contribution in [-0.2, 0) is 6.54 Å². The first kappa shape index (κ1) is 14.3. The number of nitrogens with zero attached hydrogens (tertiary/aromatic N) is 4. The molecule has 1 aliphatic heterocycles. The predicted octanol–water partition coefficient (Wildman–Crippen LogP) is 2.34. The Morgan fingerprint density at radius 2 is 2.14 bits per heavy atom. The molecule has 2 heterocycles. The summed E-state index contributed by atoms with van der Waals surface area (Å²) in [5, 5.41) is 17.4. The van der Waals surface area contributed by atoms with E-state index in [9.17, 15) is 4.79 Å². The second-order valence-corrected chi connectivity index (χ2v) is 5.73. The van der Waals surface area contributed by atoms with Crippen molar-refractivity contribution in [3.05, 3.63) is 45.7 Å². The van der Waals surface area contributed by atoms with Crippen LogP contribution in [0.2, 0.25) is 10.0 Å². The summed E-state index contributed by atoms with van der Waals surface area (Å²) >= 11 is 12.1. The van der Waals surface area contributed by atoms with Crippen LogP contribution >= 0.6 is 23.2 Å². The van der Waals surface area contributed by atoms with Crippen LogP contribution in [0, 0.1) is 0 Å². The molecule has 0 aliphatic carbocycles. The minimum Gasteiger partial charge on any atom is -0.476 e. The summed E-state index contributed by atoms with van der Waals surface area (Å²) in [6, 6.07) is 5.72. The number of hydrogen-bond donors (Lipinski definition) is 1. The highest BCUT2D eigenvalue weighted by atomic mass is 35.5. The van der Waals surface area contributed by atoms with Gasteiger partial charge in [0.25, 0.3) is 0 Å². The van der Waals surface area contributed by atoms with Gasteiger partial charge in [0.1, 0.15) is 0 Å². The fourth-order valence-corrected chi connectivity index (χ4v) is 2.68. The van der Waals surface area contributed by atoms with Crippen LogP contribution < -0.4 is 0 Å². The number of halogens is 2. The number of carbonyl (C=O) groups is 1. The molecule has 0 bridgehead atoms. The van der Waals surface area contributed by atoms with Gasteiger partial charge >= 0.3 is 5.97 Å². The van der Waals surface area contributed by atoms with Gasteiger partial charge < -0.3 is 5.11 Å². The van der Waals surface area contributed by atoms with Crippen LogP contribution in [0.5, 0.6) is 0 Å². The van der Waals surface area contributed by atoms with E-state index in [0.717, 1.165) is 18.7 Å². The number of aromatic nitrogens is 3. The van der Waals surface area contributed by atoms with Crippen molar-refractivity contribution in [1.29, 1.82) is 0 Å². The van der Waals surface area contributed by atoms with Crippen LogP contribution in [0.3, 0.4) is 0 Å². The molecule has 110 valence electrons.